The zero-order valence-corrected chi connectivity index (χ0v) is 7.37. The van der Waals surface area contributed by atoms with E-state index in [0.717, 1.165) is 5.84 Å². The summed E-state index contributed by atoms with van der Waals surface area (Å²) in [6, 6.07) is -0.953. The van der Waals surface area contributed by atoms with Crippen molar-refractivity contribution in [2.45, 2.75) is 19.1 Å². The molecule has 0 spiro atoms. The number of likely N-dealkylation sites (N-methyl/N-ethyl adjacent to an activating group) is 1. The quantitative estimate of drug-likeness (QED) is 0.498. The summed E-state index contributed by atoms with van der Waals surface area (Å²) >= 11 is 0. The van der Waals surface area contributed by atoms with Crippen LogP contribution in [0, 0.1) is 0 Å². The van der Waals surface area contributed by atoms with Gasteiger partial charge in [-0.15, -0.1) is 0 Å². The normalized spacial score (nSPS) is 32.2. The first kappa shape index (κ1) is 8.03. The third-order valence-corrected chi connectivity index (χ3v) is 2.34. The van der Waals surface area contributed by atoms with Gasteiger partial charge >= 0.3 is 6.03 Å². The Hall–Kier alpha value is -1.59. The fourth-order valence-corrected chi connectivity index (χ4v) is 1.51. The van der Waals surface area contributed by atoms with Crippen LogP contribution in [0.25, 0.3) is 0 Å². The van der Waals surface area contributed by atoms with E-state index < -0.39 is 12.1 Å². The Balaban J connectivity index is 2.28. The maximum Gasteiger partial charge on any atom is 0.323 e. The molecule has 0 aromatic carbocycles. The van der Waals surface area contributed by atoms with Crippen molar-refractivity contribution in [3.63, 3.8) is 0 Å². The monoisotopic (exact) mass is 182 g/mol. The third-order valence-electron chi connectivity index (χ3n) is 2.34. The molecule has 1 saturated heterocycles. The summed E-state index contributed by atoms with van der Waals surface area (Å²) in [6.45, 7) is 1.80. The molecule has 3 amide bonds. The van der Waals surface area contributed by atoms with Crippen molar-refractivity contribution in [1.29, 1.82) is 0 Å². The van der Waals surface area contributed by atoms with Crippen LogP contribution in [-0.4, -0.2) is 41.9 Å². The predicted molar refractivity (Wildman–Crippen MR) is 45.1 cm³/mol. The Morgan fingerprint density at radius 3 is 2.85 bits per heavy atom. The number of hydrogen-bond acceptors (Lipinski definition) is 4. The average Bonchev–Trinajstić information content (AvgIpc) is 2.32. The number of nitrogens with zero attached hydrogens (tertiary/aromatic N) is 2. The number of carbonyl (C=O) groups excluding carboxylic acids is 2. The zero-order chi connectivity index (χ0) is 9.59. The summed E-state index contributed by atoms with van der Waals surface area (Å²) in [6.07, 6.45) is -0.318. The van der Waals surface area contributed by atoms with Crippen LogP contribution in [0.2, 0.25) is 0 Å². The SMILES string of the molecule is CC1=NC2C(=O)NC(=O)NC2N1C. The lowest BCUT2D eigenvalue weighted by Gasteiger charge is -2.29. The van der Waals surface area contributed by atoms with Gasteiger partial charge in [0.1, 0.15) is 6.17 Å². The number of hydrogen-bond donors (Lipinski definition) is 2. The molecule has 2 atom stereocenters. The van der Waals surface area contributed by atoms with Crippen molar-refractivity contribution < 1.29 is 9.59 Å². The molecule has 6 nitrogen and oxygen atoms in total. The van der Waals surface area contributed by atoms with E-state index >= 15 is 0 Å². The van der Waals surface area contributed by atoms with Gasteiger partial charge in [-0.05, 0) is 6.92 Å². The molecule has 70 valence electrons. The molecule has 2 aliphatic heterocycles. The lowest BCUT2D eigenvalue weighted by Crippen LogP contribution is -2.63. The Kier molecular flexibility index (Phi) is 1.51. The first-order valence-electron chi connectivity index (χ1n) is 3.98. The van der Waals surface area contributed by atoms with E-state index in [2.05, 4.69) is 15.6 Å². The van der Waals surface area contributed by atoms with E-state index in [1.54, 1.807) is 18.9 Å². The van der Waals surface area contributed by atoms with Crippen LogP contribution in [0.3, 0.4) is 0 Å². The van der Waals surface area contributed by atoms with Gasteiger partial charge in [0.05, 0.1) is 5.84 Å². The number of rotatable bonds is 0. The van der Waals surface area contributed by atoms with E-state index in [1.165, 1.54) is 0 Å². The van der Waals surface area contributed by atoms with Crippen molar-refractivity contribution in [3.05, 3.63) is 0 Å². The lowest BCUT2D eigenvalue weighted by atomic mass is 10.2. The summed E-state index contributed by atoms with van der Waals surface area (Å²) in [4.78, 5) is 28.1. The zero-order valence-electron chi connectivity index (χ0n) is 7.37. The molecular formula is C7H10N4O2. The Morgan fingerprint density at radius 2 is 2.15 bits per heavy atom. The minimum Gasteiger partial charge on any atom is -0.341 e. The van der Waals surface area contributed by atoms with Crippen LogP contribution >= 0.6 is 0 Å². The largest absolute Gasteiger partial charge is 0.341 e. The van der Waals surface area contributed by atoms with Crippen molar-refractivity contribution in [2.75, 3.05) is 7.05 Å². The number of imide groups is 1. The standard InChI is InChI=1S/C7H10N4O2/c1-3-8-4-5(11(3)2)9-7(13)10-6(4)12/h4-5H,1-2H3,(H2,9,10,12,13). The van der Waals surface area contributed by atoms with Gasteiger partial charge in [-0.1, -0.05) is 0 Å². The Labute approximate surface area is 75.0 Å². The highest BCUT2D eigenvalue weighted by atomic mass is 16.2. The minimum absolute atomic E-state index is 0.318. The highest BCUT2D eigenvalue weighted by Gasteiger charge is 2.42. The fraction of sp³-hybridized carbons (Fsp3) is 0.571. The molecule has 0 radical (unpaired) electrons. The summed E-state index contributed by atoms with van der Waals surface area (Å²) in [5.74, 6) is 0.421. The fourth-order valence-electron chi connectivity index (χ4n) is 1.51. The van der Waals surface area contributed by atoms with Crippen molar-refractivity contribution in [3.8, 4) is 0 Å². The molecule has 0 aliphatic carbocycles. The maximum absolute atomic E-state index is 11.3. The molecule has 6 heteroatoms. The van der Waals surface area contributed by atoms with Gasteiger partial charge in [-0.3, -0.25) is 15.1 Å². The molecule has 0 bridgehead atoms. The van der Waals surface area contributed by atoms with Crippen molar-refractivity contribution in [2.24, 2.45) is 4.99 Å². The second-order valence-corrected chi connectivity index (χ2v) is 3.14. The third kappa shape index (κ3) is 1.06. The van der Waals surface area contributed by atoms with E-state index in [9.17, 15) is 9.59 Å². The molecule has 2 rings (SSSR count). The highest BCUT2D eigenvalue weighted by molar-refractivity contribution is 6.03. The van der Waals surface area contributed by atoms with Gasteiger partial charge in [-0.25, -0.2) is 4.79 Å². The molecule has 1 fully saturated rings. The van der Waals surface area contributed by atoms with Gasteiger partial charge in [0.2, 0.25) is 0 Å². The van der Waals surface area contributed by atoms with Crippen LogP contribution in [0.15, 0.2) is 4.99 Å². The second-order valence-electron chi connectivity index (χ2n) is 3.14. The average molecular weight is 182 g/mol. The molecule has 13 heavy (non-hydrogen) atoms. The van der Waals surface area contributed by atoms with Crippen molar-refractivity contribution in [1.82, 2.24) is 15.5 Å². The molecule has 2 N–H and O–H groups in total. The number of amides is 3. The first-order valence-corrected chi connectivity index (χ1v) is 3.98. The molecule has 0 saturated carbocycles. The highest BCUT2D eigenvalue weighted by Crippen LogP contribution is 2.16. The molecular weight excluding hydrogens is 172 g/mol. The number of aliphatic imine (C=N–C) groups is 1. The van der Waals surface area contributed by atoms with Gasteiger partial charge < -0.3 is 10.2 Å². The summed E-state index contributed by atoms with van der Waals surface area (Å²) in [7, 11) is 1.79. The number of amidine groups is 1. The van der Waals surface area contributed by atoms with Gasteiger partial charge in [0.15, 0.2) is 6.04 Å². The summed E-state index contributed by atoms with van der Waals surface area (Å²) in [5.41, 5.74) is 0. The second kappa shape index (κ2) is 2.45. The molecule has 0 aromatic rings. The predicted octanol–water partition coefficient (Wildman–Crippen LogP) is -1.12. The van der Waals surface area contributed by atoms with Crippen LogP contribution in [0.5, 0.6) is 0 Å². The summed E-state index contributed by atoms with van der Waals surface area (Å²) in [5, 5.41) is 4.80. The van der Waals surface area contributed by atoms with Gasteiger partial charge in [0, 0.05) is 7.05 Å². The van der Waals surface area contributed by atoms with Gasteiger partial charge in [0.25, 0.3) is 5.91 Å². The van der Waals surface area contributed by atoms with E-state index in [0.29, 0.717) is 0 Å². The summed E-state index contributed by atoms with van der Waals surface area (Å²) < 4.78 is 0. The Bertz CT molecular complexity index is 312. The minimum atomic E-state index is -0.498. The van der Waals surface area contributed by atoms with Crippen LogP contribution in [-0.2, 0) is 4.79 Å². The number of fused-ring (bicyclic) bond motifs is 1. The number of nitrogens with one attached hydrogen (secondary N) is 2. The molecule has 0 aromatic heterocycles. The van der Waals surface area contributed by atoms with Gasteiger partial charge in [-0.2, -0.15) is 0 Å². The number of carbonyl (C=O) groups is 2. The van der Waals surface area contributed by atoms with Crippen LogP contribution in [0.1, 0.15) is 6.92 Å². The van der Waals surface area contributed by atoms with E-state index in [1.807, 2.05) is 0 Å². The van der Waals surface area contributed by atoms with Crippen LogP contribution < -0.4 is 10.6 Å². The first-order chi connectivity index (χ1) is 6.09. The topological polar surface area (TPSA) is 73.8 Å². The molecule has 2 heterocycles. The van der Waals surface area contributed by atoms with E-state index in [4.69, 9.17) is 0 Å². The smallest absolute Gasteiger partial charge is 0.323 e. The Morgan fingerprint density at radius 1 is 1.46 bits per heavy atom. The van der Waals surface area contributed by atoms with Crippen molar-refractivity contribution >= 4 is 17.8 Å². The molecule has 2 unspecified atom stereocenters. The van der Waals surface area contributed by atoms with E-state index in [-0.39, 0.29) is 12.1 Å². The molecule has 2 aliphatic rings. The maximum atomic E-state index is 11.3. The van der Waals surface area contributed by atoms with Crippen LogP contribution in [0.4, 0.5) is 4.79 Å². The lowest BCUT2D eigenvalue weighted by molar-refractivity contribution is -0.123. The number of urea groups is 1.